The number of nitrogens with zero attached hydrogens (tertiary/aromatic N) is 2. The topological polar surface area (TPSA) is 46.9 Å². The summed E-state index contributed by atoms with van der Waals surface area (Å²) in [6.45, 7) is 0.620. The molecule has 2 aromatic carbocycles. The Morgan fingerprint density at radius 1 is 1.08 bits per heavy atom. The number of nitrogens with one attached hydrogen (secondary N) is 1. The fourth-order valence-electron chi connectivity index (χ4n) is 2.98. The molecule has 2 heterocycles. The minimum absolute atomic E-state index is 0.0215. The van der Waals surface area contributed by atoms with E-state index >= 15 is 0 Å². The lowest BCUT2D eigenvalue weighted by molar-refractivity contribution is -0.116. The summed E-state index contributed by atoms with van der Waals surface area (Å²) in [6.07, 6.45) is 2.09. The van der Waals surface area contributed by atoms with Crippen molar-refractivity contribution in [1.29, 1.82) is 0 Å². The number of para-hydroxylation sites is 1. The van der Waals surface area contributed by atoms with Gasteiger partial charge in [0.2, 0.25) is 5.91 Å². The van der Waals surface area contributed by atoms with Crippen LogP contribution in [0.3, 0.4) is 0 Å². The van der Waals surface area contributed by atoms with Crippen LogP contribution in [0.2, 0.25) is 0 Å². The molecule has 4 aromatic rings. The standard InChI is InChI=1S/C20H17N3OS/c24-19(22-20-21-11-13-25-20)10-12-23-17-9-5-4-8-16(17)14-18(23)15-6-2-1-3-7-15/h1-9,11,13-14H,10,12H2,(H,21,22,24). The number of amides is 1. The van der Waals surface area contributed by atoms with Gasteiger partial charge in [-0.1, -0.05) is 48.5 Å². The Bertz CT molecular complexity index is 990. The van der Waals surface area contributed by atoms with Crippen LogP contribution in [0.4, 0.5) is 5.13 Å². The molecule has 0 saturated heterocycles. The van der Waals surface area contributed by atoms with Crippen LogP contribution < -0.4 is 5.32 Å². The van der Waals surface area contributed by atoms with Crippen LogP contribution in [0.15, 0.2) is 72.2 Å². The maximum absolute atomic E-state index is 12.2. The Morgan fingerprint density at radius 3 is 2.68 bits per heavy atom. The third-order valence-corrected chi connectivity index (χ3v) is 4.81. The zero-order valence-corrected chi connectivity index (χ0v) is 14.4. The van der Waals surface area contributed by atoms with E-state index in [1.54, 1.807) is 6.20 Å². The second-order valence-electron chi connectivity index (χ2n) is 5.74. The second-order valence-corrected chi connectivity index (χ2v) is 6.64. The number of aryl methyl sites for hydroxylation is 1. The summed E-state index contributed by atoms with van der Waals surface area (Å²) in [7, 11) is 0. The molecule has 124 valence electrons. The molecule has 0 unspecified atom stereocenters. The number of aromatic nitrogens is 2. The van der Waals surface area contributed by atoms with Gasteiger partial charge in [0, 0.05) is 41.1 Å². The third-order valence-electron chi connectivity index (χ3n) is 4.12. The molecule has 0 saturated carbocycles. The van der Waals surface area contributed by atoms with Crippen molar-refractivity contribution in [3.05, 3.63) is 72.2 Å². The van der Waals surface area contributed by atoms with Gasteiger partial charge in [0.25, 0.3) is 0 Å². The average Bonchev–Trinajstić information content (AvgIpc) is 3.28. The first-order valence-electron chi connectivity index (χ1n) is 8.14. The van der Waals surface area contributed by atoms with Crippen molar-refractivity contribution in [3.8, 4) is 11.3 Å². The first kappa shape index (κ1) is 15.6. The van der Waals surface area contributed by atoms with E-state index < -0.39 is 0 Å². The lowest BCUT2D eigenvalue weighted by Crippen LogP contribution is -2.14. The highest BCUT2D eigenvalue weighted by molar-refractivity contribution is 7.13. The van der Waals surface area contributed by atoms with Crippen molar-refractivity contribution < 1.29 is 4.79 Å². The smallest absolute Gasteiger partial charge is 0.227 e. The molecule has 0 radical (unpaired) electrons. The SMILES string of the molecule is O=C(CCn1c(-c2ccccc2)cc2ccccc21)Nc1nccs1. The lowest BCUT2D eigenvalue weighted by atomic mass is 10.1. The molecule has 0 bridgehead atoms. The molecular formula is C20H17N3OS. The summed E-state index contributed by atoms with van der Waals surface area (Å²) in [4.78, 5) is 16.3. The van der Waals surface area contributed by atoms with Gasteiger partial charge in [-0.25, -0.2) is 4.98 Å². The maximum atomic E-state index is 12.2. The van der Waals surface area contributed by atoms with Crippen LogP contribution in [0.25, 0.3) is 22.2 Å². The normalized spacial score (nSPS) is 10.9. The fraction of sp³-hybridized carbons (Fsp3) is 0.100. The molecule has 0 atom stereocenters. The number of rotatable bonds is 5. The highest BCUT2D eigenvalue weighted by atomic mass is 32.1. The van der Waals surface area contributed by atoms with E-state index in [2.05, 4.69) is 45.2 Å². The third kappa shape index (κ3) is 3.32. The Morgan fingerprint density at radius 2 is 1.88 bits per heavy atom. The maximum Gasteiger partial charge on any atom is 0.227 e. The molecular weight excluding hydrogens is 330 g/mol. The highest BCUT2D eigenvalue weighted by Crippen LogP contribution is 2.28. The predicted molar refractivity (Wildman–Crippen MR) is 103 cm³/mol. The van der Waals surface area contributed by atoms with Gasteiger partial charge in [-0.3, -0.25) is 4.79 Å². The summed E-state index contributed by atoms with van der Waals surface area (Å²) >= 11 is 1.43. The van der Waals surface area contributed by atoms with E-state index in [-0.39, 0.29) is 5.91 Å². The Kier molecular flexibility index (Phi) is 4.31. The lowest BCUT2D eigenvalue weighted by Gasteiger charge is -2.11. The van der Waals surface area contributed by atoms with Gasteiger partial charge in [0.1, 0.15) is 0 Å². The van der Waals surface area contributed by atoms with Gasteiger partial charge in [-0.2, -0.15) is 0 Å². The number of hydrogen-bond acceptors (Lipinski definition) is 3. The van der Waals surface area contributed by atoms with E-state index in [9.17, 15) is 4.79 Å². The van der Waals surface area contributed by atoms with E-state index in [1.165, 1.54) is 16.7 Å². The molecule has 0 aliphatic rings. The van der Waals surface area contributed by atoms with Crippen LogP contribution in [0, 0.1) is 0 Å². The molecule has 25 heavy (non-hydrogen) atoms. The van der Waals surface area contributed by atoms with Crippen molar-refractivity contribution in [2.24, 2.45) is 0 Å². The van der Waals surface area contributed by atoms with E-state index in [0.717, 1.165) is 16.8 Å². The van der Waals surface area contributed by atoms with Crippen LogP contribution >= 0.6 is 11.3 Å². The summed E-state index contributed by atoms with van der Waals surface area (Å²) in [6, 6.07) is 20.7. The van der Waals surface area contributed by atoms with Gasteiger partial charge >= 0.3 is 0 Å². The van der Waals surface area contributed by atoms with Gasteiger partial charge in [0.15, 0.2) is 5.13 Å². The zero-order valence-electron chi connectivity index (χ0n) is 13.6. The molecule has 0 fully saturated rings. The molecule has 1 N–H and O–H groups in total. The van der Waals surface area contributed by atoms with E-state index in [0.29, 0.717) is 18.1 Å². The first-order chi connectivity index (χ1) is 12.3. The summed E-state index contributed by atoms with van der Waals surface area (Å²) in [5, 5.41) is 6.52. The number of fused-ring (bicyclic) bond motifs is 1. The van der Waals surface area contributed by atoms with Crippen LogP contribution in [-0.4, -0.2) is 15.5 Å². The summed E-state index contributed by atoms with van der Waals surface area (Å²) in [5.74, 6) is -0.0215. The van der Waals surface area contributed by atoms with Crippen LogP contribution in [0.5, 0.6) is 0 Å². The van der Waals surface area contributed by atoms with Gasteiger partial charge in [-0.05, 0) is 17.7 Å². The molecule has 1 amide bonds. The van der Waals surface area contributed by atoms with Crippen molar-refractivity contribution >= 4 is 33.3 Å². The van der Waals surface area contributed by atoms with Gasteiger partial charge in [-0.15, -0.1) is 11.3 Å². The average molecular weight is 347 g/mol. The van der Waals surface area contributed by atoms with Gasteiger partial charge < -0.3 is 9.88 Å². The Hall–Kier alpha value is -2.92. The van der Waals surface area contributed by atoms with E-state index in [1.807, 2.05) is 35.7 Å². The number of carbonyl (C=O) groups is 1. The largest absolute Gasteiger partial charge is 0.340 e. The summed E-state index contributed by atoms with van der Waals surface area (Å²) in [5.41, 5.74) is 3.42. The number of benzene rings is 2. The molecule has 0 aliphatic heterocycles. The quantitative estimate of drug-likeness (QED) is 0.564. The van der Waals surface area contributed by atoms with E-state index in [4.69, 9.17) is 0 Å². The molecule has 5 heteroatoms. The highest BCUT2D eigenvalue weighted by Gasteiger charge is 2.12. The second kappa shape index (κ2) is 6.91. The monoisotopic (exact) mass is 347 g/mol. The molecule has 0 spiro atoms. The molecule has 4 nitrogen and oxygen atoms in total. The first-order valence-corrected chi connectivity index (χ1v) is 9.02. The minimum Gasteiger partial charge on any atom is -0.340 e. The van der Waals surface area contributed by atoms with Crippen LogP contribution in [-0.2, 0) is 11.3 Å². The molecule has 4 rings (SSSR count). The van der Waals surface area contributed by atoms with Crippen molar-refractivity contribution in [3.63, 3.8) is 0 Å². The number of hydrogen-bond donors (Lipinski definition) is 1. The van der Waals surface area contributed by atoms with Crippen molar-refractivity contribution in [2.45, 2.75) is 13.0 Å². The van der Waals surface area contributed by atoms with Crippen molar-refractivity contribution in [1.82, 2.24) is 9.55 Å². The van der Waals surface area contributed by atoms with Gasteiger partial charge in [0.05, 0.1) is 0 Å². The molecule has 2 aromatic heterocycles. The van der Waals surface area contributed by atoms with Crippen LogP contribution in [0.1, 0.15) is 6.42 Å². The minimum atomic E-state index is -0.0215. The molecule has 0 aliphatic carbocycles. The Balaban J connectivity index is 1.62. The predicted octanol–water partition coefficient (Wildman–Crippen LogP) is 4.79. The number of anilines is 1. The zero-order chi connectivity index (χ0) is 17.1. The fourth-order valence-corrected chi connectivity index (χ4v) is 3.52. The summed E-state index contributed by atoms with van der Waals surface area (Å²) < 4.78 is 2.21. The van der Waals surface area contributed by atoms with Crippen molar-refractivity contribution in [2.75, 3.05) is 5.32 Å². The Labute approximate surface area is 149 Å². The number of carbonyl (C=O) groups excluding carboxylic acids is 1. The number of thiazole rings is 1.